The van der Waals surface area contributed by atoms with Gasteiger partial charge >= 0.3 is 0 Å². The van der Waals surface area contributed by atoms with Crippen LogP contribution in [0.15, 0.2) is 97.1 Å². The molecular weight excluding hydrogens is 324 g/mol. The van der Waals surface area contributed by atoms with Gasteiger partial charge in [0.25, 0.3) is 0 Å². The van der Waals surface area contributed by atoms with E-state index >= 15 is 0 Å². The van der Waals surface area contributed by atoms with Crippen LogP contribution in [0.2, 0.25) is 0 Å². The third-order valence-electron chi connectivity index (χ3n) is 5.83. The molecule has 0 radical (unpaired) electrons. The van der Waals surface area contributed by atoms with E-state index < -0.39 is 0 Å². The van der Waals surface area contributed by atoms with E-state index in [1.807, 2.05) is 0 Å². The third kappa shape index (κ3) is 2.10. The Morgan fingerprint density at radius 3 is 1.78 bits per heavy atom. The zero-order valence-electron chi connectivity index (χ0n) is 14.9. The van der Waals surface area contributed by atoms with E-state index in [9.17, 15) is 0 Å². The summed E-state index contributed by atoms with van der Waals surface area (Å²) < 4.78 is 0. The fraction of sp³-hybridized carbons (Fsp3) is 0.0370. The van der Waals surface area contributed by atoms with Gasteiger partial charge < -0.3 is 0 Å². The molecule has 27 heavy (non-hydrogen) atoms. The van der Waals surface area contributed by atoms with E-state index in [0.29, 0.717) is 0 Å². The molecule has 0 aromatic heterocycles. The van der Waals surface area contributed by atoms with Gasteiger partial charge in [-0.05, 0) is 60.6 Å². The second-order valence-electron chi connectivity index (χ2n) is 7.38. The Morgan fingerprint density at radius 1 is 0.407 bits per heavy atom. The molecule has 126 valence electrons. The lowest BCUT2D eigenvalue weighted by atomic mass is 9.86. The Labute approximate surface area is 158 Å². The van der Waals surface area contributed by atoms with Crippen molar-refractivity contribution in [3.05, 3.63) is 108 Å². The highest BCUT2D eigenvalue weighted by molar-refractivity contribution is 6.33. The van der Waals surface area contributed by atoms with Gasteiger partial charge in [-0.3, -0.25) is 0 Å². The summed E-state index contributed by atoms with van der Waals surface area (Å²) in [6.45, 7) is 0. The third-order valence-corrected chi connectivity index (χ3v) is 5.83. The maximum atomic E-state index is 2.32. The monoisotopic (exact) mass is 342 g/mol. The minimum Gasteiger partial charge on any atom is -0.0622 e. The van der Waals surface area contributed by atoms with E-state index in [0.717, 1.165) is 6.42 Å². The second-order valence-corrected chi connectivity index (χ2v) is 7.38. The van der Waals surface area contributed by atoms with Crippen molar-refractivity contribution in [1.82, 2.24) is 0 Å². The lowest BCUT2D eigenvalue weighted by Crippen LogP contribution is -1.93. The van der Waals surface area contributed by atoms with Crippen molar-refractivity contribution in [3.8, 4) is 0 Å². The molecule has 0 saturated carbocycles. The molecule has 6 aromatic rings. The van der Waals surface area contributed by atoms with Crippen LogP contribution in [-0.2, 0) is 6.42 Å². The smallest absolute Gasteiger partial charge is 0.00194 e. The molecule has 0 atom stereocenters. The Morgan fingerprint density at radius 2 is 1.04 bits per heavy atom. The quantitative estimate of drug-likeness (QED) is 0.228. The summed E-state index contributed by atoms with van der Waals surface area (Å²) in [5, 5.41) is 10.9. The molecule has 0 spiro atoms. The van der Waals surface area contributed by atoms with Crippen molar-refractivity contribution in [1.29, 1.82) is 0 Å². The molecule has 0 unspecified atom stereocenters. The Kier molecular flexibility index (Phi) is 3.04. The minimum atomic E-state index is 0.957. The average molecular weight is 342 g/mol. The van der Waals surface area contributed by atoms with Crippen LogP contribution in [-0.4, -0.2) is 0 Å². The van der Waals surface area contributed by atoms with Gasteiger partial charge in [0.15, 0.2) is 0 Å². The number of hydrogen-bond donors (Lipinski definition) is 0. The van der Waals surface area contributed by atoms with Crippen molar-refractivity contribution in [3.63, 3.8) is 0 Å². The summed E-state index contributed by atoms with van der Waals surface area (Å²) in [6, 6.07) is 35.5. The van der Waals surface area contributed by atoms with Crippen molar-refractivity contribution in [2.75, 3.05) is 0 Å². The molecule has 6 aromatic carbocycles. The first kappa shape index (κ1) is 14.8. The summed E-state index contributed by atoms with van der Waals surface area (Å²) >= 11 is 0. The van der Waals surface area contributed by atoms with Gasteiger partial charge in [0, 0.05) is 0 Å². The van der Waals surface area contributed by atoms with Gasteiger partial charge in [0.1, 0.15) is 0 Å². The maximum Gasteiger partial charge on any atom is -0.00194 e. The highest BCUT2D eigenvalue weighted by Gasteiger charge is 2.15. The van der Waals surface area contributed by atoms with Gasteiger partial charge in [-0.2, -0.15) is 0 Å². The zero-order valence-corrected chi connectivity index (χ0v) is 14.9. The van der Waals surface area contributed by atoms with E-state index in [1.165, 1.54) is 54.2 Å². The largest absolute Gasteiger partial charge is 0.0622 e. The lowest BCUT2D eigenvalue weighted by Gasteiger charge is -2.17. The van der Waals surface area contributed by atoms with Crippen molar-refractivity contribution >= 4 is 43.1 Å². The van der Waals surface area contributed by atoms with Crippen molar-refractivity contribution in [2.45, 2.75) is 6.42 Å². The summed E-state index contributed by atoms with van der Waals surface area (Å²) in [6.07, 6.45) is 0.957. The van der Waals surface area contributed by atoms with Crippen LogP contribution in [0, 0.1) is 0 Å². The van der Waals surface area contributed by atoms with Crippen molar-refractivity contribution < 1.29 is 0 Å². The van der Waals surface area contributed by atoms with Gasteiger partial charge in [0.05, 0.1) is 0 Å². The molecule has 6 rings (SSSR count). The molecule has 0 aliphatic rings. The molecule has 0 bridgehead atoms. The van der Waals surface area contributed by atoms with Crippen LogP contribution in [0.1, 0.15) is 11.1 Å². The number of hydrogen-bond acceptors (Lipinski definition) is 0. The van der Waals surface area contributed by atoms with Gasteiger partial charge in [-0.1, -0.05) is 97.1 Å². The van der Waals surface area contributed by atoms with Gasteiger partial charge in [-0.15, -0.1) is 0 Å². The minimum absolute atomic E-state index is 0.957. The molecular formula is C27H18. The molecule has 0 nitrogen and oxygen atoms in total. The topological polar surface area (TPSA) is 0 Å². The molecule has 0 aliphatic heterocycles. The average Bonchev–Trinajstić information content (AvgIpc) is 2.73. The Bertz CT molecular complexity index is 1420. The SMILES string of the molecule is c1ccc(Cc2ccc3cccc4c5cccc6cccc(c2c34)c65)cc1. The van der Waals surface area contributed by atoms with Crippen LogP contribution in [0.3, 0.4) is 0 Å². The summed E-state index contributed by atoms with van der Waals surface area (Å²) in [7, 11) is 0. The van der Waals surface area contributed by atoms with E-state index in [1.54, 1.807) is 0 Å². The highest BCUT2D eigenvalue weighted by atomic mass is 14.2. The predicted octanol–water partition coefficient (Wildman–Crippen LogP) is 7.33. The highest BCUT2D eigenvalue weighted by Crippen LogP contribution is 2.41. The van der Waals surface area contributed by atoms with E-state index in [4.69, 9.17) is 0 Å². The van der Waals surface area contributed by atoms with Crippen LogP contribution >= 0.6 is 0 Å². The van der Waals surface area contributed by atoms with Crippen LogP contribution in [0.25, 0.3) is 43.1 Å². The van der Waals surface area contributed by atoms with Crippen molar-refractivity contribution in [2.24, 2.45) is 0 Å². The molecule has 0 amide bonds. The molecule has 0 heterocycles. The first-order chi connectivity index (χ1) is 13.4. The molecule has 0 saturated heterocycles. The molecule has 0 heteroatoms. The first-order valence-electron chi connectivity index (χ1n) is 9.51. The van der Waals surface area contributed by atoms with E-state index in [2.05, 4.69) is 97.1 Å². The second kappa shape index (κ2) is 5.56. The normalized spacial score (nSPS) is 11.9. The molecule has 0 fully saturated rings. The number of rotatable bonds is 2. The Balaban J connectivity index is 1.84. The zero-order chi connectivity index (χ0) is 17.8. The van der Waals surface area contributed by atoms with E-state index in [-0.39, 0.29) is 0 Å². The maximum absolute atomic E-state index is 2.32. The fourth-order valence-electron chi connectivity index (χ4n) is 4.69. The summed E-state index contributed by atoms with van der Waals surface area (Å²) in [5.74, 6) is 0. The summed E-state index contributed by atoms with van der Waals surface area (Å²) in [4.78, 5) is 0. The fourth-order valence-corrected chi connectivity index (χ4v) is 4.69. The van der Waals surface area contributed by atoms with Crippen LogP contribution in [0.5, 0.6) is 0 Å². The van der Waals surface area contributed by atoms with Gasteiger partial charge in [-0.25, -0.2) is 0 Å². The number of benzene rings is 6. The first-order valence-corrected chi connectivity index (χ1v) is 9.51. The van der Waals surface area contributed by atoms with Gasteiger partial charge in [0.2, 0.25) is 0 Å². The molecule has 0 aliphatic carbocycles. The molecule has 0 N–H and O–H groups in total. The summed E-state index contributed by atoms with van der Waals surface area (Å²) in [5.41, 5.74) is 2.76. The lowest BCUT2D eigenvalue weighted by molar-refractivity contribution is 1.22. The standard InChI is InChI=1S/C27H18/c1-2-7-18(8-3-1)17-21-16-15-20-11-5-13-23-22-12-4-9-19-10-6-14-24(25(19)22)27(21)26(20)23/h1-16H,17H2. The predicted molar refractivity (Wildman–Crippen MR) is 117 cm³/mol. The van der Waals surface area contributed by atoms with Crippen LogP contribution in [0.4, 0.5) is 0 Å². The Hall–Kier alpha value is -3.38. The van der Waals surface area contributed by atoms with Crippen LogP contribution < -0.4 is 0 Å². The number of fused-ring (bicyclic) bond motifs is 2.